The van der Waals surface area contributed by atoms with Gasteiger partial charge < -0.3 is 9.80 Å². The van der Waals surface area contributed by atoms with Gasteiger partial charge in [-0.25, -0.2) is 0 Å². The molecule has 0 radical (unpaired) electrons. The zero-order valence-electron chi connectivity index (χ0n) is 28.9. The van der Waals surface area contributed by atoms with Crippen molar-refractivity contribution >= 4 is 97.8 Å². The van der Waals surface area contributed by atoms with E-state index in [1.165, 1.54) is 0 Å². The van der Waals surface area contributed by atoms with Gasteiger partial charge in [0.2, 0.25) is 0 Å². The van der Waals surface area contributed by atoms with Gasteiger partial charge in [-0.15, -0.1) is 0 Å². The molecule has 0 aromatic heterocycles. The van der Waals surface area contributed by atoms with Crippen molar-refractivity contribution < 1.29 is 0 Å². The van der Waals surface area contributed by atoms with Crippen molar-refractivity contribution in [1.82, 2.24) is 0 Å². The third-order valence-electron chi connectivity index (χ3n) is 9.31. The summed E-state index contributed by atoms with van der Waals surface area (Å²) in [5.74, 6) is 0. The normalized spacial score (nSPS) is 11.0. The summed E-state index contributed by atoms with van der Waals surface area (Å²) >= 11 is 15.8. The van der Waals surface area contributed by atoms with Crippen molar-refractivity contribution in [2.45, 2.75) is 0 Å². The van der Waals surface area contributed by atoms with Crippen LogP contribution in [0.4, 0.5) is 34.1 Å². The smallest absolute Gasteiger partial charge is 0.0462 e. The first-order valence-corrected chi connectivity index (χ1v) is 20.6. The molecule has 0 amide bonds. The van der Waals surface area contributed by atoms with Crippen LogP contribution in [0.25, 0.3) is 33.4 Å². The molecule has 2 nitrogen and oxygen atoms in total. The fourth-order valence-corrected chi connectivity index (χ4v) is 9.93. The van der Waals surface area contributed by atoms with Crippen LogP contribution in [0.5, 0.6) is 0 Å². The molecule has 0 spiro atoms. The lowest BCUT2D eigenvalue weighted by molar-refractivity contribution is 1.28. The van der Waals surface area contributed by atoms with Crippen molar-refractivity contribution in [3.8, 4) is 33.4 Å². The highest BCUT2D eigenvalue weighted by atomic mass is 79.9. The Morgan fingerprint density at radius 1 is 0.241 bits per heavy atom. The van der Waals surface area contributed by atoms with Crippen LogP contribution in [-0.4, -0.2) is 0 Å². The van der Waals surface area contributed by atoms with E-state index in [0.717, 1.165) is 85.4 Å². The standard InChI is InChI=1S/C48H32Br4N2/c49-43-29-35(33-21-25-41(26-22-33)53(37-13-5-1-6-14-37)38-15-7-2-8-16-38)30-44(50)47(43)48-45(51)31-36(32-46(48)52)34-23-27-42(28-24-34)54(39-17-9-3-10-18-39)40-19-11-4-12-20-40/h1-32H. The topological polar surface area (TPSA) is 6.48 Å². The van der Waals surface area contributed by atoms with E-state index >= 15 is 0 Å². The van der Waals surface area contributed by atoms with Gasteiger partial charge in [0.1, 0.15) is 0 Å². The van der Waals surface area contributed by atoms with Crippen LogP contribution in [0.1, 0.15) is 0 Å². The summed E-state index contributed by atoms with van der Waals surface area (Å²) in [7, 11) is 0. The molecule has 262 valence electrons. The molecule has 0 aliphatic heterocycles. The maximum atomic E-state index is 3.94. The molecule has 54 heavy (non-hydrogen) atoms. The van der Waals surface area contributed by atoms with Gasteiger partial charge in [0.15, 0.2) is 0 Å². The van der Waals surface area contributed by atoms with Gasteiger partial charge in [-0.2, -0.15) is 0 Å². The summed E-state index contributed by atoms with van der Waals surface area (Å²) in [6.45, 7) is 0. The fourth-order valence-electron chi connectivity index (χ4n) is 6.77. The van der Waals surface area contributed by atoms with Gasteiger partial charge in [-0.1, -0.05) is 161 Å². The molecule has 0 saturated heterocycles. The zero-order chi connectivity index (χ0) is 37.0. The molecule has 6 heteroatoms. The van der Waals surface area contributed by atoms with E-state index in [0.29, 0.717) is 0 Å². The minimum absolute atomic E-state index is 0.992. The van der Waals surface area contributed by atoms with Gasteiger partial charge in [0.25, 0.3) is 0 Å². The van der Waals surface area contributed by atoms with Gasteiger partial charge in [0.05, 0.1) is 0 Å². The summed E-state index contributed by atoms with van der Waals surface area (Å²) in [4.78, 5) is 4.55. The monoisotopic (exact) mass is 952 g/mol. The van der Waals surface area contributed by atoms with Crippen molar-refractivity contribution in [3.63, 3.8) is 0 Å². The number of anilines is 6. The van der Waals surface area contributed by atoms with Crippen LogP contribution >= 0.6 is 63.7 Å². The van der Waals surface area contributed by atoms with Crippen LogP contribution in [0.2, 0.25) is 0 Å². The summed E-state index contributed by atoms with van der Waals surface area (Å²) in [5, 5.41) is 0. The van der Waals surface area contributed by atoms with Crippen molar-refractivity contribution in [2.24, 2.45) is 0 Å². The number of benzene rings is 8. The van der Waals surface area contributed by atoms with Crippen LogP contribution in [-0.2, 0) is 0 Å². The quantitative estimate of drug-likeness (QED) is 0.142. The number of hydrogen-bond donors (Lipinski definition) is 0. The second-order valence-corrected chi connectivity index (χ2v) is 16.2. The molecule has 0 unspecified atom stereocenters. The van der Waals surface area contributed by atoms with Crippen molar-refractivity contribution in [1.29, 1.82) is 0 Å². The SMILES string of the molecule is Brc1cc(-c2ccc(N(c3ccccc3)c3ccccc3)cc2)cc(Br)c1-c1c(Br)cc(-c2ccc(N(c3ccccc3)c3ccccc3)cc2)cc1Br. The summed E-state index contributed by atoms with van der Waals surface area (Å²) < 4.78 is 3.97. The largest absolute Gasteiger partial charge is 0.311 e. The Morgan fingerprint density at radius 3 is 0.704 bits per heavy atom. The summed E-state index contributed by atoms with van der Waals surface area (Å²) in [5.41, 5.74) is 13.3. The molecule has 8 aromatic carbocycles. The fraction of sp³-hybridized carbons (Fsp3) is 0. The lowest BCUT2D eigenvalue weighted by Gasteiger charge is -2.25. The molecule has 0 saturated carbocycles. The van der Waals surface area contributed by atoms with Crippen LogP contribution in [0, 0.1) is 0 Å². The Morgan fingerprint density at radius 2 is 0.463 bits per heavy atom. The molecule has 0 aliphatic rings. The van der Waals surface area contributed by atoms with E-state index < -0.39 is 0 Å². The highest BCUT2D eigenvalue weighted by Gasteiger charge is 2.19. The van der Waals surface area contributed by atoms with E-state index in [1.54, 1.807) is 0 Å². The molecule has 8 rings (SSSR count). The van der Waals surface area contributed by atoms with E-state index in [2.05, 4.69) is 243 Å². The van der Waals surface area contributed by atoms with Gasteiger partial charge in [-0.05, 0) is 119 Å². The average Bonchev–Trinajstić information content (AvgIpc) is 3.21. The van der Waals surface area contributed by atoms with Crippen LogP contribution in [0.3, 0.4) is 0 Å². The zero-order valence-corrected chi connectivity index (χ0v) is 35.2. The maximum Gasteiger partial charge on any atom is 0.0462 e. The third kappa shape index (κ3) is 7.62. The molecule has 8 aromatic rings. The molecular weight excluding hydrogens is 924 g/mol. The molecular formula is C48H32Br4N2. The molecule has 0 N–H and O–H groups in total. The van der Waals surface area contributed by atoms with E-state index in [9.17, 15) is 0 Å². The first-order chi connectivity index (χ1) is 26.4. The molecule has 0 fully saturated rings. The van der Waals surface area contributed by atoms with Crippen LogP contribution in [0.15, 0.2) is 212 Å². The third-order valence-corrected chi connectivity index (χ3v) is 11.8. The number of rotatable bonds is 9. The Bertz CT molecular complexity index is 2200. The Hall–Kier alpha value is -4.72. The summed E-state index contributed by atoms with van der Waals surface area (Å²) in [6.07, 6.45) is 0. The number of nitrogens with zero attached hydrogens (tertiary/aromatic N) is 2. The number of para-hydroxylation sites is 4. The molecule has 0 atom stereocenters. The Balaban J connectivity index is 1.07. The van der Waals surface area contributed by atoms with Gasteiger partial charge in [0, 0.05) is 63.1 Å². The minimum Gasteiger partial charge on any atom is -0.311 e. The van der Waals surface area contributed by atoms with Crippen molar-refractivity contribution in [3.05, 3.63) is 212 Å². The predicted molar refractivity (Wildman–Crippen MR) is 243 cm³/mol. The highest BCUT2D eigenvalue weighted by Crippen LogP contribution is 2.47. The van der Waals surface area contributed by atoms with Gasteiger partial charge in [-0.3, -0.25) is 0 Å². The second-order valence-electron chi connectivity index (χ2n) is 12.7. The summed E-state index contributed by atoms with van der Waals surface area (Å²) in [6, 6.07) is 68.1. The first-order valence-electron chi connectivity index (χ1n) is 17.4. The number of hydrogen-bond acceptors (Lipinski definition) is 2. The van der Waals surface area contributed by atoms with Gasteiger partial charge >= 0.3 is 0 Å². The van der Waals surface area contributed by atoms with E-state index in [-0.39, 0.29) is 0 Å². The van der Waals surface area contributed by atoms with Crippen molar-refractivity contribution in [2.75, 3.05) is 9.80 Å². The minimum atomic E-state index is 0.992. The van der Waals surface area contributed by atoms with E-state index in [4.69, 9.17) is 0 Å². The predicted octanol–water partition coefficient (Wildman–Crippen LogP) is 16.7. The van der Waals surface area contributed by atoms with E-state index in [1.807, 2.05) is 24.3 Å². The highest BCUT2D eigenvalue weighted by molar-refractivity contribution is 9.11. The average molecular weight is 956 g/mol. The molecule has 0 bridgehead atoms. The Labute approximate surface area is 350 Å². The first kappa shape index (κ1) is 36.3. The lowest BCUT2D eigenvalue weighted by atomic mass is 9.97. The Kier molecular flexibility index (Phi) is 11.0. The molecule has 0 heterocycles. The van der Waals surface area contributed by atoms with Crippen LogP contribution < -0.4 is 9.80 Å². The maximum absolute atomic E-state index is 3.94. The lowest BCUT2D eigenvalue weighted by Crippen LogP contribution is -2.09. The molecule has 0 aliphatic carbocycles. The second kappa shape index (κ2) is 16.3. The number of halogens is 4.